The minimum Gasteiger partial charge on any atom is -0.456 e. The number of nitrogens with zero attached hydrogens (tertiary/aromatic N) is 2. The Hall–Kier alpha value is -3.50. The zero-order valence-corrected chi connectivity index (χ0v) is 18.9. The third-order valence-corrected chi connectivity index (χ3v) is 7.00. The summed E-state index contributed by atoms with van der Waals surface area (Å²) in [5.74, 6) is -0.738. The number of benzene rings is 2. The lowest BCUT2D eigenvalue weighted by molar-refractivity contribution is 0.0469. The highest BCUT2D eigenvalue weighted by molar-refractivity contribution is 7.92. The number of aromatic nitrogens is 2. The molecule has 0 unspecified atom stereocenters. The second-order valence-corrected chi connectivity index (χ2v) is 9.66. The van der Waals surface area contributed by atoms with Crippen LogP contribution in [0.25, 0.3) is 4.96 Å². The third-order valence-electron chi connectivity index (χ3n) is 4.73. The van der Waals surface area contributed by atoms with Crippen molar-refractivity contribution in [1.29, 1.82) is 0 Å². The molecule has 4 rings (SSSR count). The lowest BCUT2D eigenvalue weighted by Crippen LogP contribution is -2.18. The molecule has 2 aromatic heterocycles. The number of para-hydroxylation sites is 1. The highest BCUT2D eigenvalue weighted by Gasteiger charge is 2.21. The van der Waals surface area contributed by atoms with Gasteiger partial charge in [0.1, 0.15) is 6.61 Å². The first-order chi connectivity index (χ1) is 15.2. The van der Waals surface area contributed by atoms with E-state index in [1.165, 1.54) is 33.9 Å². The van der Waals surface area contributed by atoms with Crippen LogP contribution in [-0.2, 0) is 21.4 Å². The van der Waals surface area contributed by atoms with Gasteiger partial charge in [-0.1, -0.05) is 24.3 Å². The molecule has 0 fully saturated rings. The highest BCUT2D eigenvalue weighted by atomic mass is 32.2. The normalized spacial score (nSPS) is 11.4. The summed E-state index contributed by atoms with van der Waals surface area (Å²) in [5.41, 5.74) is 1.57. The summed E-state index contributed by atoms with van der Waals surface area (Å²) in [6.45, 7) is 3.28. The number of esters is 1. The number of anilines is 1. The molecule has 32 heavy (non-hydrogen) atoms. The van der Waals surface area contributed by atoms with Crippen LogP contribution >= 0.6 is 11.3 Å². The second-order valence-electron chi connectivity index (χ2n) is 7.14. The van der Waals surface area contributed by atoms with E-state index < -0.39 is 16.0 Å². The fourth-order valence-corrected chi connectivity index (χ4v) is 5.27. The van der Waals surface area contributed by atoms with Gasteiger partial charge in [-0.3, -0.25) is 13.9 Å². The van der Waals surface area contributed by atoms with Gasteiger partial charge in [-0.15, -0.1) is 11.3 Å². The first kappa shape index (κ1) is 21.7. The number of rotatable bonds is 6. The summed E-state index contributed by atoms with van der Waals surface area (Å²) in [5, 5.41) is 1.73. The van der Waals surface area contributed by atoms with Crippen LogP contribution in [0.3, 0.4) is 0 Å². The number of ether oxygens (including phenoxy) is 1. The van der Waals surface area contributed by atoms with Crippen molar-refractivity contribution < 1.29 is 17.9 Å². The van der Waals surface area contributed by atoms with Crippen LogP contribution in [0, 0.1) is 13.8 Å². The van der Waals surface area contributed by atoms with Crippen LogP contribution in [0.5, 0.6) is 0 Å². The van der Waals surface area contributed by atoms with E-state index in [1.807, 2.05) is 6.07 Å². The predicted octanol–water partition coefficient (Wildman–Crippen LogP) is 3.53. The summed E-state index contributed by atoms with van der Waals surface area (Å²) < 4.78 is 35.1. The molecular formula is C22H19N3O5S2. The fourth-order valence-electron chi connectivity index (χ4n) is 3.13. The average molecular weight is 470 g/mol. The largest absolute Gasteiger partial charge is 0.456 e. The smallest absolute Gasteiger partial charge is 0.340 e. The van der Waals surface area contributed by atoms with Crippen LogP contribution in [-0.4, -0.2) is 23.8 Å². The molecule has 0 amide bonds. The van der Waals surface area contributed by atoms with Crippen molar-refractivity contribution in [3.05, 3.63) is 92.8 Å². The van der Waals surface area contributed by atoms with Gasteiger partial charge in [-0.25, -0.2) is 18.2 Å². The molecule has 0 bridgehead atoms. The van der Waals surface area contributed by atoms with Gasteiger partial charge >= 0.3 is 5.97 Å². The van der Waals surface area contributed by atoms with Gasteiger partial charge in [0, 0.05) is 17.6 Å². The van der Waals surface area contributed by atoms with Gasteiger partial charge in [-0.2, -0.15) is 0 Å². The predicted molar refractivity (Wildman–Crippen MR) is 122 cm³/mol. The summed E-state index contributed by atoms with van der Waals surface area (Å²) in [6, 6.07) is 12.6. The zero-order chi connectivity index (χ0) is 22.9. The van der Waals surface area contributed by atoms with Gasteiger partial charge in [-0.05, 0) is 43.2 Å². The molecule has 0 aliphatic heterocycles. The number of thiazole rings is 1. The maximum absolute atomic E-state index is 13.0. The van der Waals surface area contributed by atoms with E-state index in [4.69, 9.17) is 4.74 Å². The quantitative estimate of drug-likeness (QED) is 0.433. The molecule has 10 heteroatoms. The Morgan fingerprint density at radius 2 is 1.94 bits per heavy atom. The average Bonchev–Trinajstić information content (AvgIpc) is 3.23. The minimum atomic E-state index is -3.93. The number of fused-ring (bicyclic) bond motifs is 1. The van der Waals surface area contributed by atoms with Gasteiger partial charge < -0.3 is 4.74 Å². The number of aryl methyl sites for hydroxylation is 2. The highest BCUT2D eigenvalue weighted by Crippen LogP contribution is 2.24. The van der Waals surface area contributed by atoms with Crippen molar-refractivity contribution in [1.82, 2.24) is 9.38 Å². The van der Waals surface area contributed by atoms with E-state index in [0.29, 0.717) is 16.2 Å². The Morgan fingerprint density at radius 1 is 1.16 bits per heavy atom. The number of carbonyl (C=O) groups excluding carboxylic acids is 1. The van der Waals surface area contributed by atoms with Crippen LogP contribution in [0.1, 0.15) is 27.2 Å². The van der Waals surface area contributed by atoms with Crippen LogP contribution in [0.2, 0.25) is 0 Å². The van der Waals surface area contributed by atoms with E-state index in [2.05, 4.69) is 9.71 Å². The molecule has 164 valence electrons. The third kappa shape index (κ3) is 4.41. The summed E-state index contributed by atoms with van der Waals surface area (Å²) in [4.78, 5) is 29.7. The van der Waals surface area contributed by atoms with Crippen molar-refractivity contribution in [2.75, 3.05) is 4.72 Å². The van der Waals surface area contributed by atoms with E-state index in [-0.39, 0.29) is 28.3 Å². The Kier molecular flexibility index (Phi) is 5.81. The summed E-state index contributed by atoms with van der Waals surface area (Å²) in [6.07, 6.45) is 1.61. The molecule has 0 spiro atoms. The Labute approximate surface area is 188 Å². The molecule has 0 saturated heterocycles. The molecule has 0 atom stereocenters. The second kappa shape index (κ2) is 8.56. The number of hydrogen-bond donors (Lipinski definition) is 1. The molecule has 0 aliphatic rings. The topological polar surface area (TPSA) is 107 Å². The van der Waals surface area contributed by atoms with Crippen molar-refractivity contribution in [3.63, 3.8) is 0 Å². The molecule has 1 N–H and O–H groups in total. The number of sulfonamides is 1. The molecule has 0 aliphatic carbocycles. The molecule has 8 nitrogen and oxygen atoms in total. The van der Waals surface area contributed by atoms with Crippen molar-refractivity contribution in [2.45, 2.75) is 25.3 Å². The lowest BCUT2D eigenvalue weighted by atomic mass is 10.2. The Morgan fingerprint density at radius 3 is 2.75 bits per heavy atom. The lowest BCUT2D eigenvalue weighted by Gasteiger charge is -2.14. The standard InChI is InChI=1S/C22H19N3O5S2/c1-14-7-8-15(2)19(11-14)32(28,29)24-18-6-4-3-5-17(18)21(27)30-13-16-12-20(26)25-9-10-31-22(25)23-16/h3-12,24H,13H2,1-2H3. The van der Waals surface area contributed by atoms with E-state index >= 15 is 0 Å². The van der Waals surface area contributed by atoms with Crippen LogP contribution in [0.15, 0.2) is 69.8 Å². The van der Waals surface area contributed by atoms with Crippen molar-refractivity contribution >= 4 is 38.0 Å². The summed E-state index contributed by atoms with van der Waals surface area (Å²) in [7, 11) is -3.93. The van der Waals surface area contributed by atoms with Crippen molar-refractivity contribution in [2.24, 2.45) is 0 Å². The molecular weight excluding hydrogens is 450 g/mol. The summed E-state index contributed by atoms with van der Waals surface area (Å²) >= 11 is 1.29. The Balaban J connectivity index is 1.56. The molecule has 0 radical (unpaired) electrons. The molecule has 2 aromatic carbocycles. The number of carbonyl (C=O) groups is 1. The van der Waals surface area contributed by atoms with Gasteiger partial charge in [0.25, 0.3) is 15.6 Å². The Bertz CT molecular complexity index is 1490. The SMILES string of the molecule is Cc1ccc(C)c(S(=O)(=O)Nc2ccccc2C(=O)OCc2cc(=O)n3ccsc3n2)c1. The van der Waals surface area contributed by atoms with Gasteiger partial charge in [0.2, 0.25) is 0 Å². The number of hydrogen-bond acceptors (Lipinski definition) is 7. The van der Waals surface area contributed by atoms with Crippen molar-refractivity contribution in [3.8, 4) is 0 Å². The fraction of sp³-hybridized carbons (Fsp3) is 0.136. The maximum Gasteiger partial charge on any atom is 0.340 e. The van der Waals surface area contributed by atoms with Crippen LogP contribution < -0.4 is 10.3 Å². The molecule has 0 saturated carbocycles. The zero-order valence-electron chi connectivity index (χ0n) is 17.2. The van der Waals surface area contributed by atoms with Gasteiger partial charge in [0.05, 0.1) is 21.8 Å². The monoisotopic (exact) mass is 469 g/mol. The van der Waals surface area contributed by atoms with Gasteiger partial charge in [0.15, 0.2) is 4.96 Å². The van der Waals surface area contributed by atoms with E-state index in [0.717, 1.165) is 5.56 Å². The van der Waals surface area contributed by atoms with E-state index in [1.54, 1.807) is 49.7 Å². The molecule has 2 heterocycles. The number of nitrogens with one attached hydrogen (secondary N) is 1. The molecule has 4 aromatic rings. The van der Waals surface area contributed by atoms with E-state index in [9.17, 15) is 18.0 Å². The first-order valence-electron chi connectivity index (χ1n) is 9.56. The first-order valence-corrected chi connectivity index (χ1v) is 11.9. The van der Waals surface area contributed by atoms with Crippen LogP contribution in [0.4, 0.5) is 5.69 Å². The minimum absolute atomic E-state index is 0.0512. The maximum atomic E-state index is 13.0.